The number of carbonyl (C=O) groups is 1. The molecule has 0 saturated carbocycles. The van der Waals surface area contributed by atoms with Crippen LogP contribution in [0, 0.1) is 5.82 Å². The Morgan fingerprint density at radius 2 is 2.00 bits per heavy atom. The second kappa shape index (κ2) is 8.31. The van der Waals surface area contributed by atoms with Crippen molar-refractivity contribution in [3.8, 4) is 22.6 Å². The average Bonchev–Trinajstić information content (AvgIpc) is 3.31. The minimum absolute atomic E-state index is 0.0586. The third-order valence-corrected chi connectivity index (χ3v) is 6.70. The number of nitrogens with one attached hydrogen (secondary N) is 1. The lowest BCUT2D eigenvalue weighted by molar-refractivity contribution is 0.175. The highest BCUT2D eigenvalue weighted by Gasteiger charge is 2.43. The van der Waals surface area contributed by atoms with Crippen LogP contribution >= 0.6 is 0 Å². The molecule has 11 nitrogen and oxygen atoms in total. The van der Waals surface area contributed by atoms with Crippen molar-refractivity contribution in [2.75, 3.05) is 36.2 Å². The molecule has 182 valence electrons. The molecular formula is C21H24FN5O6S. The van der Waals surface area contributed by atoms with Gasteiger partial charge in [-0.3, -0.25) is 4.72 Å². The highest BCUT2D eigenvalue weighted by molar-refractivity contribution is 7.92. The van der Waals surface area contributed by atoms with Crippen LogP contribution in [0.1, 0.15) is 20.8 Å². The summed E-state index contributed by atoms with van der Waals surface area (Å²) in [5, 5.41) is 4.27. The number of hydrogen-bond donors (Lipinski definition) is 1. The Hall–Kier alpha value is -3.61. The maximum atomic E-state index is 14.9. The number of nitrogens with zero attached hydrogens (tertiary/aromatic N) is 4. The lowest BCUT2D eigenvalue weighted by atomic mass is 10.1. The first-order valence-corrected chi connectivity index (χ1v) is 11.9. The molecule has 13 heteroatoms. The van der Waals surface area contributed by atoms with Gasteiger partial charge in [0, 0.05) is 5.56 Å². The number of fused-ring (bicyclic) bond motifs is 1. The second-order valence-electron chi connectivity index (χ2n) is 8.21. The quantitative estimate of drug-likeness (QED) is 0.533. The summed E-state index contributed by atoms with van der Waals surface area (Å²) in [6.07, 6.45) is 2.43. The third kappa shape index (κ3) is 3.95. The Morgan fingerprint density at radius 3 is 2.59 bits per heavy atom. The van der Waals surface area contributed by atoms with Gasteiger partial charge in [0.15, 0.2) is 28.8 Å². The number of ether oxygens (including phenoxy) is 3. The number of sulfonamides is 1. The first kappa shape index (κ1) is 23.5. The molecule has 1 aliphatic rings. The van der Waals surface area contributed by atoms with Crippen LogP contribution in [0.4, 0.5) is 20.7 Å². The van der Waals surface area contributed by atoms with Crippen LogP contribution in [-0.2, 0) is 14.8 Å². The van der Waals surface area contributed by atoms with E-state index in [2.05, 4.69) is 14.8 Å². The van der Waals surface area contributed by atoms with E-state index >= 15 is 0 Å². The van der Waals surface area contributed by atoms with E-state index in [1.54, 1.807) is 6.20 Å². The maximum Gasteiger partial charge on any atom is 0.416 e. The molecule has 1 saturated heterocycles. The predicted octanol–water partition coefficient (Wildman–Crippen LogP) is 3.05. The summed E-state index contributed by atoms with van der Waals surface area (Å²) >= 11 is 0. The lowest BCUT2D eigenvalue weighted by Crippen LogP contribution is -2.42. The number of carbonyl (C=O) groups excluding carboxylic acids is 1. The monoisotopic (exact) mass is 493 g/mol. The third-order valence-electron chi connectivity index (χ3n) is 5.41. The van der Waals surface area contributed by atoms with Crippen LogP contribution < -0.4 is 19.1 Å². The van der Waals surface area contributed by atoms with E-state index in [-0.39, 0.29) is 35.4 Å². The Bertz CT molecular complexity index is 1390. The average molecular weight is 494 g/mol. The van der Waals surface area contributed by atoms with Gasteiger partial charge in [-0.2, -0.15) is 5.10 Å². The van der Waals surface area contributed by atoms with Crippen LogP contribution in [0.5, 0.6) is 11.5 Å². The highest BCUT2D eigenvalue weighted by atomic mass is 32.2. The smallest absolute Gasteiger partial charge is 0.416 e. The molecule has 1 amide bonds. The Labute approximate surface area is 195 Å². The fourth-order valence-corrected chi connectivity index (χ4v) is 4.28. The van der Waals surface area contributed by atoms with Gasteiger partial charge in [-0.05, 0) is 38.5 Å². The fourth-order valence-electron chi connectivity index (χ4n) is 3.65. The minimum Gasteiger partial charge on any atom is -0.492 e. The van der Waals surface area contributed by atoms with Crippen molar-refractivity contribution in [2.45, 2.75) is 26.3 Å². The summed E-state index contributed by atoms with van der Waals surface area (Å²) in [5.74, 6) is -0.720. The number of aromatic nitrogens is 3. The molecule has 0 spiro atoms. The number of benzene rings is 1. The molecule has 0 bridgehead atoms. The molecule has 1 fully saturated rings. The van der Waals surface area contributed by atoms with Gasteiger partial charge in [-0.25, -0.2) is 32.0 Å². The summed E-state index contributed by atoms with van der Waals surface area (Å²) in [6, 6.07) is 2.63. The minimum atomic E-state index is -3.70. The first-order valence-electron chi connectivity index (χ1n) is 10.3. The van der Waals surface area contributed by atoms with Gasteiger partial charge in [0.1, 0.15) is 6.61 Å². The lowest BCUT2D eigenvalue weighted by Gasteiger charge is -2.27. The van der Waals surface area contributed by atoms with Crippen LogP contribution in [-0.4, -0.2) is 61.2 Å². The number of rotatable bonds is 7. The summed E-state index contributed by atoms with van der Waals surface area (Å²) < 4.78 is 58.6. The number of halogens is 1. The number of amides is 1. The van der Waals surface area contributed by atoms with Gasteiger partial charge < -0.3 is 14.2 Å². The van der Waals surface area contributed by atoms with E-state index in [1.165, 1.54) is 48.9 Å². The molecule has 3 heterocycles. The number of cyclic esters (lactones) is 1. The number of anilines is 2. The van der Waals surface area contributed by atoms with Crippen molar-refractivity contribution >= 4 is 33.3 Å². The van der Waals surface area contributed by atoms with Crippen molar-refractivity contribution in [1.82, 2.24) is 14.6 Å². The van der Waals surface area contributed by atoms with Crippen LogP contribution in [0.25, 0.3) is 16.8 Å². The summed E-state index contributed by atoms with van der Waals surface area (Å²) in [7, 11) is -1.02. The number of hydrogen-bond acceptors (Lipinski definition) is 8. The van der Waals surface area contributed by atoms with Gasteiger partial charge in [-0.15, -0.1) is 0 Å². The largest absolute Gasteiger partial charge is 0.492 e. The molecule has 34 heavy (non-hydrogen) atoms. The molecule has 1 N–H and O–H groups in total. The highest BCUT2D eigenvalue weighted by Crippen LogP contribution is 2.39. The molecule has 1 aromatic carbocycles. The van der Waals surface area contributed by atoms with E-state index in [1.807, 2.05) is 13.8 Å². The van der Waals surface area contributed by atoms with Crippen LogP contribution in [0.3, 0.4) is 0 Å². The summed E-state index contributed by atoms with van der Waals surface area (Å²) in [5.41, 5.74) is 0.242. The zero-order valence-corrected chi connectivity index (χ0v) is 20.1. The zero-order valence-electron chi connectivity index (χ0n) is 19.2. The molecule has 0 radical (unpaired) electrons. The number of methoxy groups -OCH3 is 2. The second-order valence-corrected chi connectivity index (χ2v) is 10.2. The van der Waals surface area contributed by atoms with Crippen LogP contribution in [0.2, 0.25) is 0 Å². The predicted molar refractivity (Wildman–Crippen MR) is 122 cm³/mol. The van der Waals surface area contributed by atoms with E-state index < -0.39 is 27.5 Å². The molecule has 1 aliphatic heterocycles. The van der Waals surface area contributed by atoms with Gasteiger partial charge in [-0.1, -0.05) is 0 Å². The van der Waals surface area contributed by atoms with Crippen molar-refractivity contribution in [2.24, 2.45) is 0 Å². The molecule has 0 aliphatic carbocycles. The molecule has 0 unspecified atom stereocenters. The van der Waals surface area contributed by atoms with Crippen molar-refractivity contribution in [3.63, 3.8) is 0 Å². The van der Waals surface area contributed by atoms with Crippen molar-refractivity contribution < 1.29 is 31.8 Å². The van der Waals surface area contributed by atoms with E-state index in [9.17, 15) is 17.6 Å². The first-order chi connectivity index (χ1) is 16.0. The normalized spacial score (nSPS) is 15.5. The summed E-state index contributed by atoms with van der Waals surface area (Å²) in [4.78, 5) is 18.5. The van der Waals surface area contributed by atoms with E-state index in [4.69, 9.17) is 14.2 Å². The topological polar surface area (TPSA) is 124 Å². The van der Waals surface area contributed by atoms with Gasteiger partial charge in [0.25, 0.3) is 0 Å². The Morgan fingerprint density at radius 1 is 1.26 bits per heavy atom. The van der Waals surface area contributed by atoms with Crippen LogP contribution in [0.15, 0.2) is 24.5 Å². The SMILES string of the molecule is CCS(=O)(=O)Nc1cc(-c2cnn3cc(OC)c(N4C(=O)OCC4(C)C)nc23)cc(F)c1OC. The zero-order chi connectivity index (χ0) is 24.8. The molecular weight excluding hydrogens is 469 g/mol. The molecule has 4 rings (SSSR count). The standard InChI is InChI=1S/C21H24FN5O6S/c1-6-34(29,30)25-15-8-12(7-14(22)17(15)32-5)13-9-23-26-10-16(31-4)19(24-18(13)26)27-20(28)33-11-21(27,2)3/h7-10,25H,6,11H2,1-5H3. The van der Waals surface area contributed by atoms with Gasteiger partial charge in [0.2, 0.25) is 10.0 Å². The van der Waals surface area contributed by atoms with E-state index in [0.717, 1.165) is 0 Å². The maximum absolute atomic E-state index is 14.9. The summed E-state index contributed by atoms with van der Waals surface area (Å²) in [6.45, 7) is 5.28. The molecule has 3 aromatic rings. The van der Waals surface area contributed by atoms with Crippen molar-refractivity contribution in [1.29, 1.82) is 0 Å². The Balaban J connectivity index is 1.91. The molecule has 0 atom stereocenters. The van der Waals surface area contributed by atoms with Gasteiger partial charge in [0.05, 0.1) is 43.6 Å². The Kier molecular flexibility index (Phi) is 5.75. The fraction of sp³-hybridized carbons (Fsp3) is 0.381. The van der Waals surface area contributed by atoms with E-state index in [0.29, 0.717) is 16.8 Å². The molecule has 2 aromatic heterocycles. The van der Waals surface area contributed by atoms with Crippen molar-refractivity contribution in [3.05, 3.63) is 30.3 Å². The van der Waals surface area contributed by atoms with Gasteiger partial charge >= 0.3 is 6.09 Å².